The van der Waals surface area contributed by atoms with Crippen LogP contribution in [0.5, 0.6) is 0 Å². The molecular formula is C31H37FN4O5S. The highest BCUT2D eigenvalue weighted by Gasteiger charge is 2.47. The van der Waals surface area contributed by atoms with Crippen LogP contribution in [-0.4, -0.2) is 77.7 Å². The van der Waals surface area contributed by atoms with Crippen molar-refractivity contribution in [2.24, 2.45) is 4.99 Å². The van der Waals surface area contributed by atoms with Crippen LogP contribution in [0.15, 0.2) is 40.7 Å². The number of likely N-dealkylation sites (tertiary alicyclic amines) is 1. The molecular weight excluding hydrogens is 559 g/mol. The van der Waals surface area contributed by atoms with Crippen LogP contribution >= 0.6 is 0 Å². The number of piperidine rings is 2. The summed E-state index contributed by atoms with van der Waals surface area (Å²) in [6.45, 7) is 8.36. The van der Waals surface area contributed by atoms with Gasteiger partial charge in [0, 0.05) is 42.7 Å². The largest absolute Gasteiger partial charge is 0.390 e. The van der Waals surface area contributed by atoms with Crippen molar-refractivity contribution < 1.29 is 27.5 Å². The maximum atomic E-state index is 13.7. The lowest BCUT2D eigenvalue weighted by Crippen LogP contribution is -2.50. The first kappa shape index (κ1) is 30.1. The Hall–Kier alpha value is -3.41. The topological polar surface area (TPSA) is 119 Å². The molecule has 3 heterocycles. The number of amides is 2. The third-order valence-electron chi connectivity index (χ3n) is 8.70. The van der Waals surface area contributed by atoms with Gasteiger partial charge in [-0.3, -0.25) is 14.6 Å². The second kappa shape index (κ2) is 11.0. The van der Waals surface area contributed by atoms with E-state index in [1.165, 1.54) is 15.8 Å². The van der Waals surface area contributed by atoms with E-state index in [1.54, 1.807) is 49.1 Å². The molecule has 0 aliphatic carbocycles. The Bertz CT molecular complexity index is 1570. The van der Waals surface area contributed by atoms with Crippen molar-refractivity contribution >= 4 is 33.7 Å². The number of carbonyl (C=O) groups excluding carboxylic acids is 2. The van der Waals surface area contributed by atoms with Gasteiger partial charge >= 0.3 is 0 Å². The minimum absolute atomic E-state index is 0.0987. The van der Waals surface area contributed by atoms with Crippen LogP contribution in [0.2, 0.25) is 0 Å². The lowest BCUT2D eigenvalue weighted by Gasteiger charge is -2.36. The summed E-state index contributed by atoms with van der Waals surface area (Å²) in [4.78, 5) is 32.4. The van der Waals surface area contributed by atoms with Crippen molar-refractivity contribution in [1.29, 1.82) is 0 Å². The molecule has 2 N–H and O–H groups in total. The summed E-state index contributed by atoms with van der Waals surface area (Å²) in [5, 5.41) is 14.2. The maximum Gasteiger partial charge on any atom is 0.253 e. The molecule has 9 nitrogen and oxygen atoms in total. The van der Waals surface area contributed by atoms with Gasteiger partial charge in [0.15, 0.2) is 0 Å². The Morgan fingerprint density at radius 3 is 2.21 bits per heavy atom. The second-order valence-electron chi connectivity index (χ2n) is 12.0. The molecule has 1 spiro atoms. The highest BCUT2D eigenvalue weighted by Crippen LogP contribution is 2.33. The highest BCUT2D eigenvalue weighted by atomic mass is 32.2. The lowest BCUT2D eigenvalue weighted by atomic mass is 9.89. The number of halogens is 1. The smallest absolute Gasteiger partial charge is 0.253 e. The Morgan fingerprint density at radius 2 is 1.62 bits per heavy atom. The highest BCUT2D eigenvalue weighted by molar-refractivity contribution is 7.92. The van der Waals surface area contributed by atoms with E-state index >= 15 is 0 Å². The third-order valence-corrected chi connectivity index (χ3v) is 10.3. The summed E-state index contributed by atoms with van der Waals surface area (Å²) < 4.78 is 41.5. The number of nitrogens with zero attached hydrogens (tertiary/aromatic N) is 3. The van der Waals surface area contributed by atoms with Crippen molar-refractivity contribution in [3.63, 3.8) is 0 Å². The molecule has 42 heavy (non-hydrogen) atoms. The predicted molar refractivity (Wildman–Crippen MR) is 159 cm³/mol. The van der Waals surface area contributed by atoms with E-state index in [9.17, 15) is 27.5 Å². The van der Waals surface area contributed by atoms with Gasteiger partial charge in [-0.2, -0.15) is 4.31 Å². The van der Waals surface area contributed by atoms with Crippen LogP contribution in [-0.2, 0) is 14.8 Å². The van der Waals surface area contributed by atoms with Crippen LogP contribution in [0.1, 0.15) is 70.8 Å². The molecule has 0 atom stereocenters. The van der Waals surface area contributed by atoms with E-state index in [4.69, 9.17) is 0 Å². The summed E-state index contributed by atoms with van der Waals surface area (Å²) in [7, 11) is -3.78. The SMILES string of the molecule is Cc1cc(C2=NC3(CCN(S(=O)(=O)C=Cc4c(C)cc(C(=O)N5CCC(C)(O)CC5)cc4C)CC3)C(=O)N2)ccc1F. The first-order chi connectivity index (χ1) is 19.7. The van der Waals surface area contributed by atoms with Crippen molar-refractivity contribution in [2.45, 2.75) is 64.5 Å². The fourth-order valence-electron chi connectivity index (χ4n) is 5.87. The van der Waals surface area contributed by atoms with Gasteiger partial charge in [0.25, 0.3) is 11.8 Å². The van der Waals surface area contributed by atoms with Crippen molar-refractivity contribution in [3.8, 4) is 0 Å². The molecule has 11 heteroatoms. The van der Waals surface area contributed by atoms with E-state index in [1.807, 2.05) is 13.8 Å². The summed E-state index contributed by atoms with van der Waals surface area (Å²) in [6.07, 6.45) is 3.08. The third kappa shape index (κ3) is 5.91. The molecule has 0 unspecified atom stereocenters. The number of amidine groups is 1. The van der Waals surface area contributed by atoms with Crippen LogP contribution in [0.3, 0.4) is 0 Å². The zero-order valence-electron chi connectivity index (χ0n) is 24.4. The zero-order valence-corrected chi connectivity index (χ0v) is 25.2. The number of carbonyl (C=O) groups is 2. The van der Waals surface area contributed by atoms with Crippen LogP contribution < -0.4 is 5.32 Å². The first-order valence-corrected chi connectivity index (χ1v) is 15.7. The van der Waals surface area contributed by atoms with Crippen molar-refractivity contribution in [1.82, 2.24) is 14.5 Å². The van der Waals surface area contributed by atoms with Gasteiger partial charge < -0.3 is 15.3 Å². The Morgan fingerprint density at radius 1 is 1.00 bits per heavy atom. The number of benzene rings is 2. The Labute approximate surface area is 246 Å². The van der Waals surface area contributed by atoms with Gasteiger partial charge in [-0.25, -0.2) is 12.8 Å². The van der Waals surface area contributed by atoms with Crippen LogP contribution in [0.25, 0.3) is 6.08 Å². The van der Waals surface area contributed by atoms with E-state index in [2.05, 4.69) is 10.3 Å². The average Bonchev–Trinajstić information content (AvgIpc) is 3.24. The number of sulfonamides is 1. The monoisotopic (exact) mass is 596 g/mol. The van der Waals surface area contributed by atoms with Gasteiger partial charge in [-0.1, -0.05) is 0 Å². The van der Waals surface area contributed by atoms with Crippen molar-refractivity contribution in [2.75, 3.05) is 26.2 Å². The number of nitrogens with one attached hydrogen (secondary N) is 1. The average molecular weight is 597 g/mol. The predicted octanol–water partition coefficient (Wildman–Crippen LogP) is 3.45. The summed E-state index contributed by atoms with van der Waals surface area (Å²) in [6, 6.07) is 8.08. The van der Waals surface area contributed by atoms with Crippen molar-refractivity contribution in [3.05, 3.63) is 74.9 Å². The number of aliphatic hydroxyl groups is 1. The molecule has 2 fully saturated rings. The molecule has 0 bridgehead atoms. The number of hydrogen-bond donors (Lipinski definition) is 2. The molecule has 3 aliphatic rings. The maximum absolute atomic E-state index is 13.7. The van der Waals surface area contributed by atoms with Crippen LogP contribution in [0.4, 0.5) is 4.39 Å². The number of hydrogen-bond acceptors (Lipinski definition) is 6. The zero-order chi connectivity index (χ0) is 30.4. The number of rotatable bonds is 5. The second-order valence-corrected chi connectivity index (χ2v) is 13.8. The molecule has 2 saturated heterocycles. The van der Waals surface area contributed by atoms with E-state index in [0.717, 1.165) is 16.7 Å². The van der Waals surface area contributed by atoms with E-state index in [-0.39, 0.29) is 43.6 Å². The van der Waals surface area contributed by atoms with E-state index in [0.29, 0.717) is 48.5 Å². The normalized spacial score (nSPS) is 20.7. The molecule has 2 amide bonds. The number of aliphatic imine (C=N–C) groups is 1. The fourth-order valence-corrected chi connectivity index (χ4v) is 7.04. The molecule has 5 rings (SSSR count). The van der Waals surface area contributed by atoms with E-state index < -0.39 is 21.2 Å². The van der Waals surface area contributed by atoms with Gasteiger partial charge in [-0.05, 0) is 112 Å². The number of aryl methyl sites for hydroxylation is 3. The van der Waals surface area contributed by atoms with Gasteiger partial charge in [0.05, 0.1) is 5.60 Å². The summed E-state index contributed by atoms with van der Waals surface area (Å²) in [5.41, 5.74) is 2.09. The fraction of sp³-hybridized carbons (Fsp3) is 0.452. The van der Waals surface area contributed by atoms with Crippen LogP contribution in [0, 0.1) is 26.6 Å². The lowest BCUT2D eigenvalue weighted by molar-refractivity contribution is -0.124. The molecule has 0 saturated carbocycles. The van der Waals surface area contributed by atoms with Gasteiger partial charge in [-0.15, -0.1) is 0 Å². The summed E-state index contributed by atoms with van der Waals surface area (Å²) >= 11 is 0. The van der Waals surface area contributed by atoms with Gasteiger partial charge in [0.1, 0.15) is 17.2 Å². The standard InChI is InChI=1S/C31H37FN4O5S/c1-20-17-24(28(37)35-12-8-30(4,39)9-13-35)18-21(2)25(20)7-16-42(40,41)36-14-10-31(11-15-36)29(38)33-27(34-31)23-5-6-26(32)22(3)19-23/h5-7,16-19,39H,8-15H2,1-4H3,(H,33,34,38). The molecule has 3 aliphatic heterocycles. The minimum Gasteiger partial charge on any atom is -0.390 e. The van der Waals surface area contributed by atoms with Gasteiger partial charge in [0.2, 0.25) is 10.0 Å². The Kier molecular flexibility index (Phi) is 7.88. The molecule has 224 valence electrons. The molecule has 0 aromatic heterocycles. The minimum atomic E-state index is -3.78. The quantitative estimate of drug-likeness (QED) is 0.548. The molecule has 0 radical (unpaired) electrons. The molecule has 2 aromatic rings. The molecule has 2 aromatic carbocycles. The first-order valence-electron chi connectivity index (χ1n) is 14.2. The summed E-state index contributed by atoms with van der Waals surface area (Å²) in [5.74, 6) is -0.339. The Balaban J connectivity index is 1.26.